The minimum atomic E-state index is -0.449. The molecule has 12 heavy (non-hydrogen) atoms. The summed E-state index contributed by atoms with van der Waals surface area (Å²) in [6, 6.07) is 0. The molecular weight excluding hydrogens is 160 g/mol. The molecule has 3 unspecified atom stereocenters. The highest BCUT2D eigenvalue weighted by Gasteiger charge is 2.36. The van der Waals surface area contributed by atoms with Gasteiger partial charge in [-0.3, -0.25) is 0 Å². The third-order valence-electron chi connectivity index (χ3n) is 2.12. The fraction of sp³-hybridized carbons (Fsp3) is 0.875. The van der Waals surface area contributed by atoms with Crippen LogP contribution in [-0.2, 0) is 19.0 Å². The van der Waals surface area contributed by atoms with Crippen LogP contribution in [0.1, 0.15) is 13.3 Å². The SMILES string of the molecule is COC(=O)C1CC(OC)C(C)O1. The molecule has 4 nitrogen and oxygen atoms in total. The molecule has 1 aliphatic rings. The maximum Gasteiger partial charge on any atom is 0.335 e. The number of methoxy groups -OCH3 is 2. The molecule has 0 aromatic rings. The van der Waals surface area contributed by atoms with Crippen molar-refractivity contribution in [2.24, 2.45) is 0 Å². The number of esters is 1. The molecular formula is C8H14O4. The first-order chi connectivity index (χ1) is 5.69. The van der Waals surface area contributed by atoms with E-state index in [1.165, 1.54) is 7.11 Å². The van der Waals surface area contributed by atoms with Gasteiger partial charge in [0.05, 0.1) is 19.3 Å². The Morgan fingerprint density at radius 1 is 1.50 bits per heavy atom. The van der Waals surface area contributed by atoms with Crippen molar-refractivity contribution in [2.45, 2.75) is 31.7 Å². The first-order valence-electron chi connectivity index (χ1n) is 3.95. The molecule has 0 saturated carbocycles. The quantitative estimate of drug-likeness (QED) is 0.567. The van der Waals surface area contributed by atoms with E-state index in [9.17, 15) is 4.79 Å². The number of hydrogen-bond acceptors (Lipinski definition) is 4. The molecule has 1 heterocycles. The highest BCUT2D eigenvalue weighted by Crippen LogP contribution is 2.22. The van der Waals surface area contributed by atoms with Crippen LogP contribution in [0.4, 0.5) is 0 Å². The van der Waals surface area contributed by atoms with Gasteiger partial charge in [0.25, 0.3) is 0 Å². The average Bonchev–Trinajstić information content (AvgIpc) is 2.45. The largest absolute Gasteiger partial charge is 0.467 e. The number of rotatable bonds is 2. The van der Waals surface area contributed by atoms with E-state index in [-0.39, 0.29) is 18.2 Å². The van der Waals surface area contributed by atoms with Crippen molar-refractivity contribution in [3.63, 3.8) is 0 Å². The fourth-order valence-corrected chi connectivity index (χ4v) is 1.38. The van der Waals surface area contributed by atoms with E-state index >= 15 is 0 Å². The molecule has 1 saturated heterocycles. The summed E-state index contributed by atoms with van der Waals surface area (Å²) in [5.74, 6) is -0.318. The van der Waals surface area contributed by atoms with E-state index in [0.717, 1.165) is 0 Å². The van der Waals surface area contributed by atoms with Crippen LogP contribution in [0.5, 0.6) is 0 Å². The fourth-order valence-electron chi connectivity index (χ4n) is 1.38. The van der Waals surface area contributed by atoms with Crippen molar-refractivity contribution >= 4 is 5.97 Å². The highest BCUT2D eigenvalue weighted by molar-refractivity contribution is 5.74. The van der Waals surface area contributed by atoms with E-state index in [4.69, 9.17) is 9.47 Å². The zero-order valence-electron chi connectivity index (χ0n) is 7.57. The maximum absolute atomic E-state index is 11.0. The van der Waals surface area contributed by atoms with Gasteiger partial charge >= 0.3 is 5.97 Å². The van der Waals surface area contributed by atoms with Crippen LogP contribution >= 0.6 is 0 Å². The summed E-state index contributed by atoms with van der Waals surface area (Å²) in [6.45, 7) is 1.89. The topological polar surface area (TPSA) is 44.8 Å². The lowest BCUT2D eigenvalue weighted by atomic mass is 10.1. The zero-order chi connectivity index (χ0) is 9.14. The van der Waals surface area contributed by atoms with Crippen LogP contribution in [0, 0.1) is 0 Å². The molecule has 0 spiro atoms. The maximum atomic E-state index is 11.0. The summed E-state index contributed by atoms with van der Waals surface area (Å²) in [5.41, 5.74) is 0. The highest BCUT2D eigenvalue weighted by atomic mass is 16.6. The molecule has 1 fully saturated rings. The lowest BCUT2D eigenvalue weighted by molar-refractivity contribution is -0.152. The Morgan fingerprint density at radius 3 is 2.58 bits per heavy atom. The van der Waals surface area contributed by atoms with Gasteiger partial charge in [-0.15, -0.1) is 0 Å². The minimum Gasteiger partial charge on any atom is -0.467 e. The first-order valence-corrected chi connectivity index (χ1v) is 3.95. The van der Waals surface area contributed by atoms with Crippen molar-refractivity contribution in [2.75, 3.05) is 14.2 Å². The smallest absolute Gasteiger partial charge is 0.335 e. The van der Waals surface area contributed by atoms with E-state index in [1.54, 1.807) is 7.11 Å². The molecule has 0 amide bonds. The Bertz CT molecular complexity index is 168. The van der Waals surface area contributed by atoms with Crippen LogP contribution in [0.2, 0.25) is 0 Å². The van der Waals surface area contributed by atoms with Gasteiger partial charge in [0.1, 0.15) is 0 Å². The molecule has 4 heteroatoms. The number of carbonyl (C=O) groups excluding carboxylic acids is 1. The monoisotopic (exact) mass is 174 g/mol. The van der Waals surface area contributed by atoms with Crippen LogP contribution in [-0.4, -0.2) is 38.5 Å². The molecule has 1 rings (SSSR count). The Hall–Kier alpha value is -0.610. The Balaban J connectivity index is 2.48. The molecule has 3 atom stereocenters. The summed E-state index contributed by atoms with van der Waals surface area (Å²) >= 11 is 0. The molecule has 70 valence electrons. The van der Waals surface area contributed by atoms with Gasteiger partial charge in [0, 0.05) is 13.5 Å². The Kier molecular flexibility index (Phi) is 3.05. The summed E-state index contributed by atoms with van der Waals surface area (Å²) < 4.78 is 15.0. The second-order valence-corrected chi connectivity index (χ2v) is 2.86. The molecule has 0 aromatic carbocycles. The van der Waals surface area contributed by atoms with Crippen LogP contribution in [0.25, 0.3) is 0 Å². The van der Waals surface area contributed by atoms with Gasteiger partial charge in [-0.05, 0) is 6.92 Å². The van der Waals surface area contributed by atoms with Gasteiger partial charge in [0.15, 0.2) is 6.10 Å². The van der Waals surface area contributed by atoms with Gasteiger partial charge < -0.3 is 14.2 Å². The third kappa shape index (κ3) is 1.76. The van der Waals surface area contributed by atoms with Gasteiger partial charge in [-0.1, -0.05) is 0 Å². The van der Waals surface area contributed by atoms with Crippen molar-refractivity contribution in [1.82, 2.24) is 0 Å². The average molecular weight is 174 g/mol. The summed E-state index contributed by atoms with van der Waals surface area (Å²) in [4.78, 5) is 11.0. The third-order valence-corrected chi connectivity index (χ3v) is 2.12. The molecule has 0 aliphatic carbocycles. The summed E-state index contributed by atoms with van der Waals surface area (Å²) in [7, 11) is 2.97. The number of hydrogen-bond donors (Lipinski definition) is 0. The normalized spacial score (nSPS) is 35.1. The molecule has 0 aromatic heterocycles. The van der Waals surface area contributed by atoms with E-state index in [2.05, 4.69) is 4.74 Å². The lowest BCUT2D eigenvalue weighted by Crippen LogP contribution is -2.21. The van der Waals surface area contributed by atoms with Crippen LogP contribution in [0.15, 0.2) is 0 Å². The van der Waals surface area contributed by atoms with Gasteiger partial charge in [-0.25, -0.2) is 4.79 Å². The molecule has 0 bridgehead atoms. The zero-order valence-corrected chi connectivity index (χ0v) is 7.57. The standard InChI is InChI=1S/C8H14O4/c1-5-6(10-2)4-7(12-5)8(9)11-3/h5-7H,4H2,1-3H3. The van der Waals surface area contributed by atoms with E-state index in [1.807, 2.05) is 6.92 Å². The Morgan fingerprint density at radius 2 is 2.17 bits per heavy atom. The number of ether oxygens (including phenoxy) is 3. The minimum absolute atomic E-state index is 0.00843. The van der Waals surface area contributed by atoms with Gasteiger partial charge in [0.2, 0.25) is 0 Å². The van der Waals surface area contributed by atoms with Crippen molar-refractivity contribution in [3.05, 3.63) is 0 Å². The second-order valence-electron chi connectivity index (χ2n) is 2.86. The Labute approximate surface area is 71.8 Å². The molecule has 1 aliphatic heterocycles. The predicted octanol–water partition coefficient (Wildman–Crippen LogP) is 0.352. The summed E-state index contributed by atoms with van der Waals surface area (Å²) in [6.07, 6.45) is 0.118. The van der Waals surface area contributed by atoms with Crippen LogP contribution < -0.4 is 0 Å². The van der Waals surface area contributed by atoms with Crippen molar-refractivity contribution < 1.29 is 19.0 Å². The first kappa shape index (κ1) is 9.48. The van der Waals surface area contributed by atoms with Gasteiger partial charge in [-0.2, -0.15) is 0 Å². The van der Waals surface area contributed by atoms with Crippen molar-refractivity contribution in [3.8, 4) is 0 Å². The lowest BCUT2D eigenvalue weighted by Gasteiger charge is -2.10. The van der Waals surface area contributed by atoms with E-state index in [0.29, 0.717) is 6.42 Å². The number of carbonyl (C=O) groups is 1. The molecule has 0 N–H and O–H groups in total. The van der Waals surface area contributed by atoms with E-state index < -0.39 is 6.10 Å². The predicted molar refractivity (Wildman–Crippen MR) is 41.8 cm³/mol. The molecule has 0 radical (unpaired) electrons. The summed E-state index contributed by atoms with van der Waals surface area (Å²) in [5, 5.41) is 0. The second kappa shape index (κ2) is 3.87. The van der Waals surface area contributed by atoms with Crippen LogP contribution in [0.3, 0.4) is 0 Å². The van der Waals surface area contributed by atoms with Crippen molar-refractivity contribution in [1.29, 1.82) is 0 Å².